The van der Waals surface area contributed by atoms with Gasteiger partial charge in [0.05, 0.1) is 17.5 Å². The van der Waals surface area contributed by atoms with Crippen LogP contribution in [0.2, 0.25) is 0 Å². The van der Waals surface area contributed by atoms with E-state index in [2.05, 4.69) is 0 Å². The Labute approximate surface area is 124 Å². The highest BCUT2D eigenvalue weighted by Crippen LogP contribution is 2.32. The third-order valence-electron chi connectivity index (χ3n) is 4.10. The van der Waals surface area contributed by atoms with Crippen LogP contribution in [0.15, 0.2) is 18.2 Å². The van der Waals surface area contributed by atoms with Crippen molar-refractivity contribution in [2.75, 3.05) is 23.2 Å². The van der Waals surface area contributed by atoms with Gasteiger partial charge in [-0.2, -0.15) is 0 Å². The van der Waals surface area contributed by atoms with E-state index in [1.165, 1.54) is 11.2 Å². The second-order valence-corrected chi connectivity index (χ2v) is 7.57. The van der Waals surface area contributed by atoms with Crippen molar-refractivity contribution in [2.45, 2.75) is 32.3 Å². The first-order valence-corrected chi connectivity index (χ1v) is 8.84. The first-order chi connectivity index (χ1) is 9.97. The van der Waals surface area contributed by atoms with Crippen LogP contribution in [0.1, 0.15) is 35.7 Å². The molecule has 1 unspecified atom stereocenters. The molecule has 0 radical (unpaired) electrons. The number of carbonyl (C=O) groups excluding carboxylic acids is 1. The summed E-state index contributed by atoms with van der Waals surface area (Å²) in [5, 5.41) is 0. The lowest BCUT2D eigenvalue weighted by Crippen LogP contribution is -2.35. The van der Waals surface area contributed by atoms with Crippen molar-refractivity contribution in [1.82, 2.24) is 0 Å². The van der Waals surface area contributed by atoms with Crippen molar-refractivity contribution in [1.29, 1.82) is 0 Å². The predicted octanol–water partition coefficient (Wildman–Crippen LogP) is 1.76. The molecule has 1 aromatic rings. The van der Waals surface area contributed by atoms with Gasteiger partial charge in [-0.25, -0.2) is 8.42 Å². The van der Waals surface area contributed by atoms with E-state index < -0.39 is 10.0 Å². The van der Waals surface area contributed by atoms with Gasteiger partial charge < -0.3 is 4.74 Å². The summed E-state index contributed by atoms with van der Waals surface area (Å²) >= 11 is 0. The van der Waals surface area contributed by atoms with Crippen LogP contribution in [-0.4, -0.2) is 39.2 Å². The molecule has 0 spiro atoms. The van der Waals surface area contributed by atoms with Crippen molar-refractivity contribution in [2.24, 2.45) is 0 Å². The number of ketones is 1. The number of anilines is 1. The number of hydrogen-bond acceptors (Lipinski definition) is 4. The van der Waals surface area contributed by atoms with Crippen LogP contribution < -0.4 is 4.31 Å². The van der Waals surface area contributed by atoms with Crippen molar-refractivity contribution in [3.63, 3.8) is 0 Å². The molecule has 5 nitrogen and oxygen atoms in total. The molecule has 1 saturated heterocycles. The van der Waals surface area contributed by atoms with E-state index in [-0.39, 0.29) is 17.6 Å². The van der Waals surface area contributed by atoms with E-state index in [1.807, 2.05) is 0 Å². The van der Waals surface area contributed by atoms with Crippen LogP contribution in [0.3, 0.4) is 0 Å². The summed E-state index contributed by atoms with van der Waals surface area (Å²) in [6, 6.07) is 5.24. The number of Topliss-reactive ketones (excluding diaryl/α,β-unsaturated/α-hetero) is 1. The lowest BCUT2D eigenvalue weighted by atomic mass is 10.1. The standard InChI is InChI=1S/C15H19NO4S/c1-11(17)12-4-5-15-13(9-12)6-7-16(15)21(18,19)10-14-3-2-8-20-14/h4-5,9,14H,2-3,6-8,10H2,1H3. The van der Waals surface area contributed by atoms with E-state index >= 15 is 0 Å². The molecule has 0 bridgehead atoms. The average Bonchev–Trinajstić information content (AvgIpc) is 3.05. The largest absolute Gasteiger partial charge is 0.377 e. The Morgan fingerprint density at radius 2 is 2.24 bits per heavy atom. The van der Waals surface area contributed by atoms with Gasteiger partial charge in [0.1, 0.15) is 0 Å². The maximum Gasteiger partial charge on any atom is 0.237 e. The van der Waals surface area contributed by atoms with E-state index in [9.17, 15) is 13.2 Å². The number of rotatable bonds is 4. The van der Waals surface area contributed by atoms with Gasteiger partial charge >= 0.3 is 0 Å². The van der Waals surface area contributed by atoms with Crippen molar-refractivity contribution < 1.29 is 17.9 Å². The fraction of sp³-hybridized carbons (Fsp3) is 0.533. The Morgan fingerprint density at radius 1 is 1.43 bits per heavy atom. The summed E-state index contributed by atoms with van der Waals surface area (Å²) in [5.74, 6) is 0.0411. The predicted molar refractivity (Wildman–Crippen MR) is 80.3 cm³/mol. The molecule has 0 aromatic heterocycles. The quantitative estimate of drug-likeness (QED) is 0.795. The molecule has 2 aliphatic rings. The zero-order valence-corrected chi connectivity index (χ0v) is 12.9. The molecule has 2 aliphatic heterocycles. The average molecular weight is 309 g/mol. The number of hydrogen-bond donors (Lipinski definition) is 0. The molecule has 6 heteroatoms. The molecule has 114 valence electrons. The monoisotopic (exact) mass is 309 g/mol. The second kappa shape index (κ2) is 5.42. The normalized spacial score (nSPS) is 21.6. The van der Waals surface area contributed by atoms with E-state index in [4.69, 9.17) is 4.74 Å². The van der Waals surface area contributed by atoms with Gasteiger partial charge in [-0.15, -0.1) is 0 Å². The van der Waals surface area contributed by atoms with Gasteiger partial charge in [0, 0.05) is 18.7 Å². The smallest absolute Gasteiger partial charge is 0.237 e. The van der Waals surface area contributed by atoms with E-state index in [0.717, 1.165) is 18.4 Å². The molecule has 3 rings (SSSR count). The Balaban J connectivity index is 1.84. The molecule has 21 heavy (non-hydrogen) atoms. The summed E-state index contributed by atoms with van der Waals surface area (Å²) in [6.07, 6.45) is 2.21. The highest BCUT2D eigenvalue weighted by atomic mass is 32.2. The van der Waals surface area contributed by atoms with Gasteiger partial charge in [0.25, 0.3) is 0 Å². The third kappa shape index (κ3) is 2.82. The molecule has 1 aromatic carbocycles. The molecular formula is C15H19NO4S. The minimum atomic E-state index is -3.37. The maximum atomic E-state index is 12.5. The zero-order chi connectivity index (χ0) is 15.0. The van der Waals surface area contributed by atoms with Gasteiger partial charge in [0.15, 0.2) is 5.78 Å². The highest BCUT2D eigenvalue weighted by molar-refractivity contribution is 7.92. The van der Waals surface area contributed by atoms with E-state index in [1.54, 1.807) is 18.2 Å². The lowest BCUT2D eigenvalue weighted by Gasteiger charge is -2.21. The first-order valence-electron chi connectivity index (χ1n) is 7.23. The number of fused-ring (bicyclic) bond motifs is 1. The molecule has 1 fully saturated rings. The van der Waals surface area contributed by atoms with Crippen LogP contribution >= 0.6 is 0 Å². The second-order valence-electron chi connectivity index (χ2n) is 5.64. The SMILES string of the molecule is CC(=O)c1ccc2c(c1)CCN2S(=O)(=O)CC1CCCO1. The number of carbonyl (C=O) groups is 1. The Bertz CT molecular complexity index is 662. The van der Waals surface area contributed by atoms with Crippen LogP contribution in [0, 0.1) is 0 Å². The molecule has 1 atom stereocenters. The number of benzene rings is 1. The molecule has 0 aliphatic carbocycles. The number of sulfonamides is 1. The molecular weight excluding hydrogens is 290 g/mol. The topological polar surface area (TPSA) is 63.7 Å². The Morgan fingerprint density at radius 3 is 2.90 bits per heavy atom. The van der Waals surface area contributed by atoms with Crippen molar-refractivity contribution in [3.8, 4) is 0 Å². The Kier molecular flexibility index (Phi) is 3.75. The summed E-state index contributed by atoms with van der Waals surface area (Å²) in [5.41, 5.74) is 2.27. The van der Waals surface area contributed by atoms with Gasteiger partial charge in [-0.1, -0.05) is 0 Å². The third-order valence-corrected chi connectivity index (χ3v) is 5.94. The van der Waals surface area contributed by atoms with Crippen LogP contribution in [0.4, 0.5) is 5.69 Å². The maximum absolute atomic E-state index is 12.5. The minimum absolute atomic E-state index is 0.00142. The first kappa shape index (κ1) is 14.5. The molecule has 2 heterocycles. The van der Waals surface area contributed by atoms with Crippen molar-refractivity contribution in [3.05, 3.63) is 29.3 Å². The van der Waals surface area contributed by atoms with Crippen LogP contribution in [0.25, 0.3) is 0 Å². The fourth-order valence-corrected chi connectivity index (χ4v) is 4.74. The zero-order valence-electron chi connectivity index (χ0n) is 12.0. The van der Waals surface area contributed by atoms with Gasteiger partial charge in [0.2, 0.25) is 10.0 Å². The summed E-state index contributed by atoms with van der Waals surface area (Å²) in [7, 11) is -3.37. The van der Waals surface area contributed by atoms with Crippen LogP contribution in [-0.2, 0) is 21.2 Å². The fourth-order valence-electron chi connectivity index (χ4n) is 2.98. The Hall–Kier alpha value is -1.40. The van der Waals surface area contributed by atoms with Crippen molar-refractivity contribution >= 4 is 21.5 Å². The van der Waals surface area contributed by atoms with Gasteiger partial charge in [-0.05, 0) is 49.9 Å². The summed E-state index contributed by atoms with van der Waals surface area (Å²) in [4.78, 5) is 11.4. The molecule has 0 amide bonds. The number of nitrogens with zero attached hydrogens (tertiary/aromatic N) is 1. The van der Waals surface area contributed by atoms with Gasteiger partial charge in [-0.3, -0.25) is 9.10 Å². The summed E-state index contributed by atoms with van der Waals surface area (Å²) in [6.45, 7) is 2.62. The van der Waals surface area contributed by atoms with Crippen LogP contribution in [0.5, 0.6) is 0 Å². The molecule has 0 N–H and O–H groups in total. The lowest BCUT2D eigenvalue weighted by molar-refractivity contribution is 0.101. The summed E-state index contributed by atoms with van der Waals surface area (Å²) < 4.78 is 32.0. The number of ether oxygens (including phenoxy) is 1. The minimum Gasteiger partial charge on any atom is -0.377 e. The van der Waals surface area contributed by atoms with E-state index in [0.29, 0.717) is 30.8 Å². The highest BCUT2D eigenvalue weighted by Gasteiger charge is 2.33. The molecule has 0 saturated carbocycles.